The average molecular weight is 776 g/mol. The molecule has 0 spiro atoms. The number of rotatable bonds is 12. The normalized spacial score (nSPS) is 12.3. The van der Waals surface area contributed by atoms with Crippen molar-refractivity contribution in [3.8, 4) is 33.4 Å². The largest absolute Gasteiger partial charge is 0.248 e. The van der Waals surface area contributed by atoms with Crippen molar-refractivity contribution in [2.45, 2.75) is 119 Å². The van der Waals surface area contributed by atoms with E-state index in [2.05, 4.69) is 210 Å². The van der Waals surface area contributed by atoms with Gasteiger partial charge < -0.3 is 0 Å². The molecule has 0 aliphatic rings. The Morgan fingerprint density at radius 2 is 0.500 bits per heavy atom. The second-order valence-electron chi connectivity index (χ2n) is 18.0. The number of hydrogen-bond acceptors (Lipinski definition) is 0. The third kappa shape index (κ3) is 8.85. The molecule has 0 radical (unpaired) electrons. The molecule has 0 aliphatic heterocycles. The minimum Gasteiger partial charge on any atom is -0.149 e. The molecule has 0 bridgehead atoms. The zero-order valence-corrected chi connectivity index (χ0v) is 37.7. The first-order chi connectivity index (χ1) is 26.5. The number of benzene rings is 6. The van der Waals surface area contributed by atoms with E-state index < -0.39 is 7.38 Å². The Labute approximate surface area is 345 Å². The molecular weight excluding hydrogens is 712 g/mol. The van der Waals surface area contributed by atoms with Gasteiger partial charge in [0.05, 0.1) is 0 Å². The molecule has 6 aromatic carbocycles. The lowest BCUT2D eigenvalue weighted by atomic mass is 9.91. The first kappa shape index (κ1) is 41.5. The summed E-state index contributed by atoms with van der Waals surface area (Å²) in [7, 11) is -3.11. The molecule has 0 fully saturated rings. The third-order valence-electron chi connectivity index (χ3n) is 11.7. The molecule has 0 nitrogen and oxygen atoms in total. The van der Waals surface area contributed by atoms with Gasteiger partial charge in [-0.05, 0) is 118 Å². The maximum atomic E-state index is 8.52. The van der Waals surface area contributed by atoms with Crippen molar-refractivity contribution < 1.29 is 0 Å². The van der Waals surface area contributed by atoms with Gasteiger partial charge in [-0.1, -0.05) is 210 Å². The molecule has 2 heteroatoms. The predicted octanol–water partition coefficient (Wildman–Crippen LogP) is 14.6. The molecule has 6 aromatic rings. The Hall–Kier alpha value is -4.17. The van der Waals surface area contributed by atoms with E-state index in [1.54, 1.807) is 0 Å². The smallest absolute Gasteiger partial charge is 0.149 e. The lowest BCUT2D eigenvalue weighted by Crippen LogP contribution is -2.63. The van der Waals surface area contributed by atoms with E-state index >= 15 is 0 Å². The minimum absolute atomic E-state index is 0.443. The van der Waals surface area contributed by atoms with Crippen molar-refractivity contribution in [3.63, 3.8) is 0 Å². The summed E-state index contributed by atoms with van der Waals surface area (Å²) in [5.74, 6) is 2.66. The molecule has 0 aliphatic carbocycles. The summed E-state index contributed by atoms with van der Waals surface area (Å²) in [6.07, 6.45) is 0. The molecule has 0 saturated carbocycles. The highest BCUT2D eigenvalue weighted by Gasteiger charge is 2.39. The van der Waals surface area contributed by atoms with E-state index in [9.17, 15) is 0 Å². The van der Waals surface area contributed by atoms with Crippen LogP contribution in [0.1, 0.15) is 152 Å². The zero-order valence-electron chi connectivity index (χ0n) is 36.0. The Morgan fingerprint density at radius 1 is 0.286 bits per heavy atom. The van der Waals surface area contributed by atoms with E-state index in [-0.39, 0.29) is 0 Å². The maximum Gasteiger partial charge on any atom is 0.248 e. The summed E-state index contributed by atoms with van der Waals surface area (Å²) < 4.78 is 0. The second-order valence-corrected chi connectivity index (χ2v) is 22.7. The monoisotopic (exact) mass is 774 g/mol. The quantitative estimate of drug-likeness (QED) is 0.0660. The molecule has 0 saturated heterocycles. The fourth-order valence-corrected chi connectivity index (χ4v) is 11.9. The predicted molar refractivity (Wildman–Crippen MR) is 251 cm³/mol. The van der Waals surface area contributed by atoms with Gasteiger partial charge in [-0.2, -0.15) is 0 Å². The van der Waals surface area contributed by atoms with Gasteiger partial charge in [0.2, 0.25) is 7.38 Å². The van der Waals surface area contributed by atoms with Crippen LogP contribution in [0.5, 0.6) is 0 Å². The zero-order chi connectivity index (χ0) is 40.5. The molecule has 290 valence electrons. The van der Waals surface area contributed by atoms with Crippen molar-refractivity contribution in [2.24, 2.45) is 0 Å². The van der Waals surface area contributed by atoms with E-state index in [0.29, 0.717) is 35.5 Å². The van der Waals surface area contributed by atoms with Crippen LogP contribution in [-0.4, -0.2) is 7.38 Å². The van der Waals surface area contributed by atoms with Gasteiger partial charge in [0.25, 0.3) is 0 Å². The van der Waals surface area contributed by atoms with Crippen LogP contribution in [0.15, 0.2) is 127 Å². The van der Waals surface area contributed by atoms with Crippen molar-refractivity contribution in [1.82, 2.24) is 0 Å². The van der Waals surface area contributed by atoms with Gasteiger partial charge in [-0.25, -0.2) is 0 Å². The van der Waals surface area contributed by atoms with Crippen LogP contribution in [0, 0.1) is 0 Å². The van der Waals surface area contributed by atoms with Gasteiger partial charge in [-0.15, -0.1) is 11.1 Å². The summed E-state index contributed by atoms with van der Waals surface area (Å²) in [6.45, 7) is 27.5. The van der Waals surface area contributed by atoms with Gasteiger partial charge in [-0.3, -0.25) is 0 Å². The minimum atomic E-state index is -3.11. The molecule has 0 amide bonds. The van der Waals surface area contributed by atoms with Gasteiger partial charge in [0.15, 0.2) is 0 Å². The van der Waals surface area contributed by atoms with E-state index in [0.717, 1.165) is 0 Å². The first-order valence-electron chi connectivity index (χ1n) is 21.0. The lowest BCUT2D eigenvalue weighted by molar-refractivity contribution is 0.834. The topological polar surface area (TPSA) is 0 Å². The summed E-state index contributed by atoms with van der Waals surface area (Å²) >= 11 is 8.52. The highest BCUT2D eigenvalue weighted by Crippen LogP contribution is 2.33. The summed E-state index contributed by atoms with van der Waals surface area (Å²) in [5, 5.41) is 3.60. The van der Waals surface area contributed by atoms with Crippen molar-refractivity contribution in [2.75, 3.05) is 0 Å². The molecule has 0 aromatic heterocycles. The second kappa shape index (κ2) is 17.1. The summed E-state index contributed by atoms with van der Waals surface area (Å²) in [5.41, 5.74) is 15.7. The van der Waals surface area contributed by atoms with Crippen LogP contribution in [0.3, 0.4) is 0 Å². The van der Waals surface area contributed by atoms with Crippen LogP contribution in [-0.2, 0) is 0 Å². The SMILES string of the molecule is CC(C)c1cc(-c2cccc([Si](Cl)(c3cccc(-c4cc(C(C)C)cc(C(C)C)c4)c3)c3cccc(-c4cc(C(C)C)cc(C(C)C)c4)c3)c2)cc(C(C)C)c1. The Kier molecular flexibility index (Phi) is 12.7. The summed E-state index contributed by atoms with van der Waals surface area (Å²) in [4.78, 5) is 0. The lowest BCUT2D eigenvalue weighted by Gasteiger charge is -2.28. The third-order valence-corrected chi connectivity index (χ3v) is 17.0. The van der Waals surface area contributed by atoms with Crippen molar-refractivity contribution in [1.29, 1.82) is 0 Å². The van der Waals surface area contributed by atoms with Gasteiger partial charge >= 0.3 is 0 Å². The number of hydrogen-bond donors (Lipinski definition) is 0. The molecular formula is C54H63ClSi. The van der Waals surface area contributed by atoms with Crippen LogP contribution in [0.4, 0.5) is 0 Å². The van der Waals surface area contributed by atoms with Crippen LogP contribution >= 0.6 is 11.1 Å². The molecule has 0 N–H and O–H groups in total. The Balaban J connectivity index is 1.60. The molecule has 0 unspecified atom stereocenters. The average Bonchev–Trinajstić information content (AvgIpc) is 3.19. The maximum absolute atomic E-state index is 8.52. The van der Waals surface area contributed by atoms with E-state index in [1.807, 2.05) is 0 Å². The van der Waals surface area contributed by atoms with Gasteiger partial charge in [0.1, 0.15) is 0 Å². The van der Waals surface area contributed by atoms with Gasteiger partial charge in [0, 0.05) is 0 Å². The Morgan fingerprint density at radius 3 is 0.696 bits per heavy atom. The van der Waals surface area contributed by atoms with Crippen LogP contribution in [0.25, 0.3) is 33.4 Å². The fourth-order valence-electron chi connectivity index (χ4n) is 7.77. The highest BCUT2D eigenvalue weighted by molar-refractivity contribution is 7.40. The standard InChI is InChI=1S/C54H63ClSi/c1-34(2)43-22-44(35(3)4)26-49(25-43)40-16-13-19-52(31-40)56(55,53-20-14-17-41(32-53)50-27-45(36(5)6)23-46(28-50)37(7)8)54-21-15-18-42(33-54)51-29-47(38(9)10)24-48(30-51)39(11)12/h13-39H,1-12H3. The van der Waals surface area contributed by atoms with Crippen LogP contribution in [0.2, 0.25) is 0 Å². The molecule has 0 atom stereocenters. The number of halogens is 1. The van der Waals surface area contributed by atoms with E-state index in [4.69, 9.17) is 11.1 Å². The highest BCUT2D eigenvalue weighted by atomic mass is 35.6. The van der Waals surface area contributed by atoms with Crippen LogP contribution < -0.4 is 15.6 Å². The molecule has 6 rings (SSSR count). The van der Waals surface area contributed by atoms with E-state index in [1.165, 1.54) is 82.3 Å². The molecule has 56 heavy (non-hydrogen) atoms. The molecule has 0 heterocycles. The summed E-state index contributed by atoms with van der Waals surface area (Å²) in [6, 6.07) is 49.0. The first-order valence-corrected chi connectivity index (χ1v) is 24.0. The Bertz CT molecular complexity index is 1970. The fraction of sp³-hybridized carbons (Fsp3) is 0.333. The van der Waals surface area contributed by atoms with Crippen molar-refractivity contribution in [3.05, 3.63) is 161 Å². The van der Waals surface area contributed by atoms with Crippen molar-refractivity contribution >= 4 is 34.0 Å².